The largest absolute Gasteiger partial charge is 0.340 e. The van der Waals surface area contributed by atoms with E-state index in [0.717, 1.165) is 31.9 Å². The summed E-state index contributed by atoms with van der Waals surface area (Å²) in [4.78, 5) is 20.2. The van der Waals surface area contributed by atoms with Crippen LogP contribution in [0.5, 0.6) is 0 Å². The lowest BCUT2D eigenvalue weighted by atomic mass is 9.97. The van der Waals surface area contributed by atoms with E-state index in [1.807, 2.05) is 24.1 Å². The van der Waals surface area contributed by atoms with Gasteiger partial charge in [-0.2, -0.15) is 0 Å². The predicted molar refractivity (Wildman–Crippen MR) is 75.7 cm³/mol. The highest BCUT2D eigenvalue weighted by Gasteiger charge is 2.34. The summed E-state index contributed by atoms with van der Waals surface area (Å²) >= 11 is 0. The monoisotopic (exact) mass is 261 g/mol. The van der Waals surface area contributed by atoms with Crippen molar-refractivity contribution in [3.05, 3.63) is 29.6 Å². The number of carbonyl (C=O) groups excluding carboxylic acids is 1. The molecule has 0 unspecified atom stereocenters. The zero-order chi connectivity index (χ0) is 14.0. The number of carbonyl (C=O) groups is 1. The molecule has 4 nitrogen and oxygen atoms in total. The van der Waals surface area contributed by atoms with E-state index in [1.54, 1.807) is 6.92 Å². The second kappa shape index (κ2) is 5.29. The summed E-state index contributed by atoms with van der Waals surface area (Å²) in [5.41, 5.74) is 2.37. The number of amides is 1. The molecule has 19 heavy (non-hydrogen) atoms. The van der Waals surface area contributed by atoms with Gasteiger partial charge in [0, 0.05) is 50.5 Å². The van der Waals surface area contributed by atoms with Crippen molar-refractivity contribution in [3.8, 4) is 0 Å². The van der Waals surface area contributed by atoms with Gasteiger partial charge in [0.25, 0.3) is 0 Å². The third-order valence-electron chi connectivity index (χ3n) is 4.00. The molecule has 0 atom stereocenters. The first-order chi connectivity index (χ1) is 8.90. The third kappa shape index (κ3) is 3.13. The standard InChI is InChI=1S/C15H23N3O/c1-12-14(6-5-7-16-12)10-18-9-8-17(13(2)19)11-15(18,3)4/h5-7H,8-11H2,1-4H3. The molecule has 1 saturated heterocycles. The first kappa shape index (κ1) is 14.0. The van der Waals surface area contributed by atoms with Crippen molar-refractivity contribution in [1.29, 1.82) is 0 Å². The van der Waals surface area contributed by atoms with Crippen LogP contribution in [-0.4, -0.2) is 45.9 Å². The van der Waals surface area contributed by atoms with E-state index in [1.165, 1.54) is 5.56 Å². The molecule has 0 spiro atoms. The summed E-state index contributed by atoms with van der Waals surface area (Å²) in [6.07, 6.45) is 1.83. The van der Waals surface area contributed by atoms with Crippen LogP contribution in [0.25, 0.3) is 0 Å². The molecule has 1 aliphatic rings. The van der Waals surface area contributed by atoms with E-state index in [-0.39, 0.29) is 11.4 Å². The molecule has 1 aromatic heterocycles. The van der Waals surface area contributed by atoms with Crippen molar-refractivity contribution >= 4 is 5.91 Å². The van der Waals surface area contributed by atoms with Crippen LogP contribution in [0.3, 0.4) is 0 Å². The lowest BCUT2D eigenvalue weighted by Crippen LogP contribution is -2.59. The number of piperazine rings is 1. The Morgan fingerprint density at radius 1 is 1.42 bits per heavy atom. The molecule has 0 aromatic carbocycles. The van der Waals surface area contributed by atoms with Crippen molar-refractivity contribution < 1.29 is 4.79 Å². The van der Waals surface area contributed by atoms with Crippen LogP contribution in [0, 0.1) is 6.92 Å². The van der Waals surface area contributed by atoms with Crippen LogP contribution in [0.15, 0.2) is 18.3 Å². The Balaban J connectivity index is 2.10. The van der Waals surface area contributed by atoms with Crippen LogP contribution >= 0.6 is 0 Å². The first-order valence-electron chi connectivity index (χ1n) is 6.81. The lowest BCUT2D eigenvalue weighted by molar-refractivity contribution is -0.134. The average molecular weight is 261 g/mol. The number of aromatic nitrogens is 1. The molecule has 1 fully saturated rings. The minimum atomic E-state index is 0.00615. The van der Waals surface area contributed by atoms with Crippen LogP contribution in [0.1, 0.15) is 32.0 Å². The molecular weight excluding hydrogens is 238 g/mol. The van der Waals surface area contributed by atoms with Gasteiger partial charge in [-0.15, -0.1) is 0 Å². The summed E-state index contributed by atoms with van der Waals surface area (Å²) in [5, 5.41) is 0. The molecular formula is C15H23N3O. The van der Waals surface area contributed by atoms with Crippen LogP contribution in [0.4, 0.5) is 0 Å². The Morgan fingerprint density at radius 3 is 2.74 bits per heavy atom. The van der Waals surface area contributed by atoms with Gasteiger partial charge in [-0.1, -0.05) is 6.07 Å². The molecule has 0 saturated carbocycles. The summed E-state index contributed by atoms with van der Waals surface area (Å²) in [6, 6.07) is 4.12. The number of pyridine rings is 1. The van der Waals surface area contributed by atoms with Gasteiger partial charge in [0.1, 0.15) is 0 Å². The quantitative estimate of drug-likeness (QED) is 0.815. The zero-order valence-electron chi connectivity index (χ0n) is 12.3. The molecule has 1 amide bonds. The Morgan fingerprint density at radius 2 is 2.16 bits per heavy atom. The fraction of sp³-hybridized carbons (Fsp3) is 0.600. The fourth-order valence-electron chi connectivity index (χ4n) is 2.64. The van der Waals surface area contributed by atoms with Gasteiger partial charge in [-0.25, -0.2) is 0 Å². The highest BCUT2D eigenvalue weighted by atomic mass is 16.2. The minimum Gasteiger partial charge on any atom is -0.340 e. The van der Waals surface area contributed by atoms with Crippen LogP contribution in [0.2, 0.25) is 0 Å². The van der Waals surface area contributed by atoms with E-state index < -0.39 is 0 Å². The number of nitrogens with zero attached hydrogens (tertiary/aromatic N) is 3. The second-order valence-corrected chi connectivity index (χ2v) is 5.92. The van der Waals surface area contributed by atoms with Crippen LogP contribution in [-0.2, 0) is 11.3 Å². The van der Waals surface area contributed by atoms with E-state index in [0.29, 0.717) is 0 Å². The van der Waals surface area contributed by atoms with Gasteiger partial charge in [-0.05, 0) is 32.4 Å². The Bertz CT molecular complexity index is 470. The normalized spacial score (nSPS) is 19.5. The molecule has 2 rings (SSSR count). The van der Waals surface area contributed by atoms with Gasteiger partial charge in [0.15, 0.2) is 0 Å². The smallest absolute Gasteiger partial charge is 0.219 e. The van der Waals surface area contributed by atoms with Gasteiger partial charge >= 0.3 is 0 Å². The number of hydrogen-bond donors (Lipinski definition) is 0. The SMILES string of the molecule is CC(=O)N1CCN(Cc2cccnc2C)C(C)(C)C1. The molecule has 104 valence electrons. The maximum absolute atomic E-state index is 11.5. The lowest BCUT2D eigenvalue weighted by Gasteiger charge is -2.47. The van der Waals surface area contributed by atoms with E-state index in [4.69, 9.17) is 0 Å². The molecule has 0 aliphatic carbocycles. The molecule has 1 aliphatic heterocycles. The highest BCUT2D eigenvalue weighted by molar-refractivity contribution is 5.73. The summed E-state index contributed by atoms with van der Waals surface area (Å²) in [5.74, 6) is 0.172. The van der Waals surface area contributed by atoms with Crippen molar-refractivity contribution in [1.82, 2.24) is 14.8 Å². The summed E-state index contributed by atoms with van der Waals surface area (Å²) in [6.45, 7) is 11.5. The molecule has 1 aromatic rings. The van der Waals surface area contributed by atoms with Crippen LogP contribution < -0.4 is 0 Å². The molecule has 0 N–H and O–H groups in total. The number of aryl methyl sites for hydroxylation is 1. The van der Waals surface area contributed by atoms with E-state index in [2.05, 4.69) is 29.8 Å². The van der Waals surface area contributed by atoms with Crippen molar-refractivity contribution in [2.24, 2.45) is 0 Å². The molecule has 0 radical (unpaired) electrons. The Kier molecular flexibility index (Phi) is 3.90. The topological polar surface area (TPSA) is 36.4 Å². The van der Waals surface area contributed by atoms with Gasteiger partial charge in [0.05, 0.1) is 0 Å². The van der Waals surface area contributed by atoms with Crippen molar-refractivity contribution in [2.45, 2.75) is 39.8 Å². The minimum absolute atomic E-state index is 0.00615. The Labute approximate surface area is 115 Å². The van der Waals surface area contributed by atoms with Crippen molar-refractivity contribution in [2.75, 3.05) is 19.6 Å². The molecule has 0 bridgehead atoms. The van der Waals surface area contributed by atoms with Gasteiger partial charge < -0.3 is 4.90 Å². The maximum atomic E-state index is 11.5. The maximum Gasteiger partial charge on any atom is 0.219 e. The first-order valence-corrected chi connectivity index (χ1v) is 6.81. The molecule has 4 heteroatoms. The summed E-state index contributed by atoms with van der Waals surface area (Å²) < 4.78 is 0. The van der Waals surface area contributed by atoms with Gasteiger partial charge in [0.2, 0.25) is 5.91 Å². The molecule has 2 heterocycles. The van der Waals surface area contributed by atoms with Crippen molar-refractivity contribution in [3.63, 3.8) is 0 Å². The van der Waals surface area contributed by atoms with Gasteiger partial charge in [-0.3, -0.25) is 14.7 Å². The third-order valence-corrected chi connectivity index (χ3v) is 4.00. The highest BCUT2D eigenvalue weighted by Crippen LogP contribution is 2.23. The fourth-order valence-corrected chi connectivity index (χ4v) is 2.64. The Hall–Kier alpha value is -1.42. The average Bonchev–Trinajstić information content (AvgIpc) is 2.33. The van der Waals surface area contributed by atoms with E-state index in [9.17, 15) is 4.79 Å². The predicted octanol–water partition coefficient (Wildman–Crippen LogP) is 1.83. The summed E-state index contributed by atoms with van der Waals surface area (Å²) in [7, 11) is 0. The zero-order valence-corrected chi connectivity index (χ0v) is 12.3. The van der Waals surface area contributed by atoms with E-state index >= 15 is 0 Å². The second-order valence-electron chi connectivity index (χ2n) is 5.92. The number of hydrogen-bond acceptors (Lipinski definition) is 3. The number of rotatable bonds is 2.